The third-order valence-electron chi connectivity index (χ3n) is 4.20. The predicted octanol–water partition coefficient (Wildman–Crippen LogP) is -1.17. The summed E-state index contributed by atoms with van der Waals surface area (Å²) in [5.74, 6) is 0.0694. The highest BCUT2D eigenvalue weighted by Crippen LogP contribution is 2.23. The van der Waals surface area contributed by atoms with Gasteiger partial charge in [0.15, 0.2) is 4.90 Å². The van der Waals surface area contributed by atoms with Crippen molar-refractivity contribution >= 4 is 10.0 Å². The smallest absolute Gasteiger partial charge is 0.328 e. The van der Waals surface area contributed by atoms with Gasteiger partial charge < -0.3 is 10.3 Å². The quantitative estimate of drug-likeness (QED) is 0.751. The van der Waals surface area contributed by atoms with Gasteiger partial charge in [0, 0.05) is 39.4 Å². The lowest BCUT2D eigenvalue weighted by Crippen LogP contribution is -2.47. The van der Waals surface area contributed by atoms with Crippen LogP contribution in [0.2, 0.25) is 0 Å². The van der Waals surface area contributed by atoms with E-state index in [-0.39, 0.29) is 16.9 Å². The van der Waals surface area contributed by atoms with Gasteiger partial charge in [-0.2, -0.15) is 4.31 Å². The summed E-state index contributed by atoms with van der Waals surface area (Å²) >= 11 is 0. The van der Waals surface area contributed by atoms with Crippen LogP contribution < -0.4 is 17.0 Å². The van der Waals surface area contributed by atoms with Crippen molar-refractivity contribution in [1.29, 1.82) is 0 Å². The number of sulfonamides is 1. The lowest BCUT2D eigenvalue weighted by molar-refractivity contribution is 0.243. The molecule has 2 atom stereocenters. The van der Waals surface area contributed by atoms with E-state index in [0.717, 1.165) is 21.8 Å². The van der Waals surface area contributed by atoms with Crippen LogP contribution in [0.4, 0.5) is 0 Å². The Bertz CT molecular complexity index is 778. The van der Waals surface area contributed by atoms with Crippen LogP contribution in [-0.4, -0.2) is 41.0 Å². The number of aryl methyl sites for hydroxylation is 1. The number of hydrogen-bond donors (Lipinski definition) is 1. The first kappa shape index (κ1) is 16.9. The van der Waals surface area contributed by atoms with Crippen LogP contribution in [0.5, 0.6) is 0 Å². The van der Waals surface area contributed by atoms with E-state index in [4.69, 9.17) is 5.73 Å². The maximum Gasteiger partial charge on any atom is 0.330 e. The number of aromatic nitrogens is 2. The fourth-order valence-corrected chi connectivity index (χ4v) is 4.40. The molecule has 0 aromatic carbocycles. The van der Waals surface area contributed by atoms with Gasteiger partial charge >= 0.3 is 5.69 Å². The van der Waals surface area contributed by atoms with Crippen molar-refractivity contribution in [2.75, 3.05) is 13.1 Å². The molecule has 0 bridgehead atoms. The molecule has 0 amide bonds. The van der Waals surface area contributed by atoms with Crippen molar-refractivity contribution in [2.45, 2.75) is 30.7 Å². The highest BCUT2D eigenvalue weighted by molar-refractivity contribution is 7.89. The molecule has 2 N–H and O–H groups in total. The first-order chi connectivity index (χ1) is 10.2. The number of piperidine rings is 1. The monoisotopic (exact) mass is 330 g/mol. The summed E-state index contributed by atoms with van der Waals surface area (Å²) in [5.41, 5.74) is 4.52. The standard InChI is InChI=1S/C13H22N4O4S/c1-9(14)10-5-4-6-17(7-10)22(20,21)11-8-15(2)13(19)16(3)12(11)18/h8-10H,4-7,14H2,1-3H3. The van der Waals surface area contributed by atoms with Crippen LogP contribution in [0.3, 0.4) is 0 Å². The first-order valence-corrected chi connectivity index (χ1v) is 8.62. The predicted molar refractivity (Wildman–Crippen MR) is 82.1 cm³/mol. The lowest BCUT2D eigenvalue weighted by Gasteiger charge is -2.33. The van der Waals surface area contributed by atoms with E-state index in [2.05, 4.69) is 0 Å². The molecule has 0 aliphatic carbocycles. The molecule has 1 aromatic rings. The molecule has 2 unspecified atom stereocenters. The highest BCUT2D eigenvalue weighted by atomic mass is 32.2. The maximum atomic E-state index is 12.7. The molecule has 1 aliphatic heterocycles. The molecule has 2 heterocycles. The fraction of sp³-hybridized carbons (Fsp3) is 0.692. The van der Waals surface area contributed by atoms with Crippen LogP contribution in [0.1, 0.15) is 19.8 Å². The summed E-state index contributed by atoms with van der Waals surface area (Å²) in [5, 5.41) is 0. The van der Waals surface area contributed by atoms with Crippen molar-refractivity contribution < 1.29 is 8.42 Å². The zero-order valence-corrected chi connectivity index (χ0v) is 13.8. The fourth-order valence-electron chi connectivity index (χ4n) is 2.71. The van der Waals surface area contributed by atoms with E-state index >= 15 is 0 Å². The second-order valence-corrected chi connectivity index (χ2v) is 7.78. The molecule has 0 radical (unpaired) electrons. The molecule has 1 fully saturated rings. The Morgan fingerprint density at radius 1 is 1.32 bits per heavy atom. The Morgan fingerprint density at radius 3 is 2.55 bits per heavy atom. The summed E-state index contributed by atoms with van der Waals surface area (Å²) in [6, 6.07) is -0.110. The topological polar surface area (TPSA) is 107 Å². The van der Waals surface area contributed by atoms with Gasteiger partial charge in [0.2, 0.25) is 10.0 Å². The summed E-state index contributed by atoms with van der Waals surface area (Å²) in [6.07, 6.45) is 2.67. The third-order valence-corrected chi connectivity index (χ3v) is 6.04. The minimum atomic E-state index is -3.94. The molecular weight excluding hydrogens is 308 g/mol. The highest BCUT2D eigenvalue weighted by Gasteiger charge is 2.33. The lowest BCUT2D eigenvalue weighted by atomic mass is 9.93. The molecule has 1 aliphatic rings. The number of nitrogens with zero attached hydrogens (tertiary/aromatic N) is 3. The van der Waals surface area contributed by atoms with Gasteiger partial charge in [-0.15, -0.1) is 0 Å². The molecule has 22 heavy (non-hydrogen) atoms. The molecule has 0 spiro atoms. The van der Waals surface area contributed by atoms with Gasteiger partial charge in [-0.25, -0.2) is 13.2 Å². The Kier molecular flexibility index (Phi) is 4.59. The van der Waals surface area contributed by atoms with Crippen molar-refractivity contribution in [3.63, 3.8) is 0 Å². The van der Waals surface area contributed by atoms with Crippen molar-refractivity contribution in [2.24, 2.45) is 25.7 Å². The molecular formula is C13H22N4O4S. The largest absolute Gasteiger partial charge is 0.330 e. The van der Waals surface area contributed by atoms with E-state index in [0.29, 0.717) is 19.5 Å². The van der Waals surface area contributed by atoms with Gasteiger partial charge in [-0.05, 0) is 25.7 Å². The molecule has 9 heteroatoms. The summed E-state index contributed by atoms with van der Waals surface area (Å²) in [6.45, 7) is 2.51. The van der Waals surface area contributed by atoms with Gasteiger partial charge in [0.1, 0.15) is 0 Å². The molecule has 8 nitrogen and oxygen atoms in total. The van der Waals surface area contributed by atoms with Crippen LogP contribution in [-0.2, 0) is 24.1 Å². The van der Waals surface area contributed by atoms with Crippen molar-refractivity contribution in [3.8, 4) is 0 Å². The molecule has 1 aromatic heterocycles. The minimum absolute atomic E-state index is 0.0694. The van der Waals surface area contributed by atoms with Crippen LogP contribution in [0.25, 0.3) is 0 Å². The first-order valence-electron chi connectivity index (χ1n) is 7.18. The Labute approximate surface area is 129 Å². The maximum absolute atomic E-state index is 12.7. The number of rotatable bonds is 3. The second kappa shape index (κ2) is 5.98. The molecule has 0 saturated carbocycles. The van der Waals surface area contributed by atoms with E-state index in [1.807, 2.05) is 6.92 Å². The van der Waals surface area contributed by atoms with E-state index in [9.17, 15) is 18.0 Å². The van der Waals surface area contributed by atoms with Crippen LogP contribution in [0.15, 0.2) is 20.7 Å². The van der Waals surface area contributed by atoms with Gasteiger partial charge in [0.25, 0.3) is 5.56 Å². The molecule has 2 rings (SSSR count). The van der Waals surface area contributed by atoms with E-state index in [1.165, 1.54) is 18.4 Å². The van der Waals surface area contributed by atoms with Gasteiger partial charge in [-0.3, -0.25) is 9.36 Å². The van der Waals surface area contributed by atoms with E-state index < -0.39 is 21.3 Å². The van der Waals surface area contributed by atoms with Gasteiger partial charge in [-0.1, -0.05) is 0 Å². The zero-order chi connectivity index (χ0) is 16.7. The summed E-state index contributed by atoms with van der Waals surface area (Å²) < 4.78 is 28.7. The van der Waals surface area contributed by atoms with Crippen molar-refractivity contribution in [1.82, 2.24) is 13.4 Å². The van der Waals surface area contributed by atoms with Crippen LogP contribution >= 0.6 is 0 Å². The van der Waals surface area contributed by atoms with Crippen LogP contribution in [0, 0.1) is 5.92 Å². The second-order valence-electron chi connectivity index (χ2n) is 5.88. The SMILES string of the molecule is CC(N)C1CCCN(S(=O)(=O)c2cn(C)c(=O)n(C)c2=O)C1. The number of hydrogen-bond acceptors (Lipinski definition) is 5. The Morgan fingerprint density at radius 2 is 1.95 bits per heavy atom. The van der Waals surface area contributed by atoms with Gasteiger partial charge in [0.05, 0.1) is 0 Å². The number of nitrogens with two attached hydrogens (primary N) is 1. The normalized spacial score (nSPS) is 21.7. The Hall–Kier alpha value is -1.45. The van der Waals surface area contributed by atoms with Crippen molar-refractivity contribution in [3.05, 3.63) is 27.0 Å². The molecule has 124 valence electrons. The van der Waals surface area contributed by atoms with E-state index in [1.54, 1.807) is 0 Å². The average Bonchev–Trinajstić information content (AvgIpc) is 2.48. The third kappa shape index (κ3) is 2.88. The average molecular weight is 330 g/mol. The Balaban J connectivity index is 2.48. The minimum Gasteiger partial charge on any atom is -0.328 e. The summed E-state index contributed by atoms with van der Waals surface area (Å²) in [4.78, 5) is 23.5. The summed E-state index contributed by atoms with van der Waals surface area (Å²) in [7, 11) is -1.25. The zero-order valence-electron chi connectivity index (χ0n) is 13.0. The molecule has 1 saturated heterocycles.